The van der Waals surface area contributed by atoms with Crippen molar-refractivity contribution in [3.8, 4) is 5.75 Å². The van der Waals surface area contributed by atoms with Crippen LogP contribution < -0.4 is 10.2 Å². The Morgan fingerprint density at radius 3 is 2.64 bits per heavy atom. The molecule has 4 nitrogen and oxygen atoms in total. The van der Waals surface area contributed by atoms with Gasteiger partial charge >= 0.3 is 0 Å². The molecule has 1 atom stereocenters. The van der Waals surface area contributed by atoms with Gasteiger partial charge in [0.25, 0.3) is 5.91 Å². The molecule has 2 rings (SSSR count). The maximum absolute atomic E-state index is 11.8. The van der Waals surface area contributed by atoms with Gasteiger partial charge in [-0.15, -0.1) is 0 Å². The van der Waals surface area contributed by atoms with Gasteiger partial charge in [-0.1, -0.05) is 61.3 Å². The lowest BCUT2D eigenvalue weighted by molar-refractivity contribution is -0.123. The van der Waals surface area contributed by atoms with Crippen molar-refractivity contribution in [1.82, 2.24) is 5.43 Å². The van der Waals surface area contributed by atoms with Crippen LogP contribution in [0.1, 0.15) is 37.3 Å². The molecule has 0 heterocycles. The minimum Gasteiger partial charge on any atom is -0.484 e. The van der Waals surface area contributed by atoms with Crippen LogP contribution in [-0.2, 0) is 4.79 Å². The Kier molecular flexibility index (Phi) is 7.29. The van der Waals surface area contributed by atoms with E-state index in [4.69, 9.17) is 27.9 Å². The summed E-state index contributed by atoms with van der Waals surface area (Å²) in [5.41, 5.74) is 4.26. The van der Waals surface area contributed by atoms with E-state index in [1.807, 2.05) is 24.3 Å². The van der Waals surface area contributed by atoms with Crippen LogP contribution in [0.25, 0.3) is 0 Å². The number of benzene rings is 2. The third-order valence-electron chi connectivity index (χ3n) is 3.81. The summed E-state index contributed by atoms with van der Waals surface area (Å²) in [5, 5.41) is 4.68. The Labute approximate surface area is 157 Å². The Morgan fingerprint density at radius 1 is 1.24 bits per heavy atom. The van der Waals surface area contributed by atoms with Crippen LogP contribution in [0.2, 0.25) is 10.0 Å². The fourth-order valence-electron chi connectivity index (χ4n) is 2.10. The molecule has 0 aliphatic carbocycles. The molecule has 0 aliphatic rings. The summed E-state index contributed by atoms with van der Waals surface area (Å²) < 4.78 is 5.45. The van der Waals surface area contributed by atoms with Crippen molar-refractivity contribution >= 4 is 35.3 Å². The van der Waals surface area contributed by atoms with Crippen LogP contribution in [0.3, 0.4) is 0 Å². The van der Waals surface area contributed by atoms with Gasteiger partial charge in [-0.25, -0.2) is 5.43 Å². The van der Waals surface area contributed by atoms with E-state index >= 15 is 0 Å². The van der Waals surface area contributed by atoms with Crippen LogP contribution in [0.4, 0.5) is 0 Å². The first-order chi connectivity index (χ1) is 12.0. The zero-order valence-corrected chi connectivity index (χ0v) is 15.6. The van der Waals surface area contributed by atoms with Gasteiger partial charge in [0.15, 0.2) is 6.61 Å². The maximum atomic E-state index is 11.8. The number of hydrazone groups is 1. The first-order valence-electron chi connectivity index (χ1n) is 8.00. The molecule has 2 aromatic rings. The Balaban J connectivity index is 1.82. The van der Waals surface area contributed by atoms with E-state index in [0.717, 1.165) is 6.42 Å². The average molecular weight is 379 g/mol. The van der Waals surface area contributed by atoms with Gasteiger partial charge in [-0.2, -0.15) is 5.10 Å². The summed E-state index contributed by atoms with van der Waals surface area (Å²) >= 11 is 11.9. The van der Waals surface area contributed by atoms with Crippen molar-refractivity contribution in [2.75, 3.05) is 6.61 Å². The number of ether oxygens (including phenoxy) is 1. The van der Waals surface area contributed by atoms with E-state index in [-0.39, 0.29) is 12.5 Å². The van der Waals surface area contributed by atoms with Gasteiger partial charge in [-0.05, 0) is 36.1 Å². The number of rotatable bonds is 7. The highest BCUT2D eigenvalue weighted by Crippen LogP contribution is 2.24. The molecule has 0 radical (unpaired) electrons. The third-order valence-corrected chi connectivity index (χ3v) is 4.64. The second-order valence-corrected chi connectivity index (χ2v) is 6.39. The van der Waals surface area contributed by atoms with Crippen molar-refractivity contribution in [2.24, 2.45) is 5.10 Å². The van der Waals surface area contributed by atoms with E-state index in [1.165, 1.54) is 11.8 Å². The lowest BCUT2D eigenvalue weighted by Crippen LogP contribution is -2.24. The Morgan fingerprint density at radius 2 is 1.96 bits per heavy atom. The summed E-state index contributed by atoms with van der Waals surface area (Å²) in [7, 11) is 0. The van der Waals surface area contributed by atoms with Crippen LogP contribution in [0.5, 0.6) is 5.75 Å². The van der Waals surface area contributed by atoms with E-state index in [9.17, 15) is 4.79 Å². The summed E-state index contributed by atoms with van der Waals surface area (Å²) in [5.74, 6) is 0.787. The molecule has 2 aromatic carbocycles. The second-order valence-electron chi connectivity index (χ2n) is 5.60. The highest BCUT2D eigenvalue weighted by molar-refractivity contribution is 6.43. The van der Waals surface area contributed by atoms with Crippen molar-refractivity contribution in [1.29, 1.82) is 0 Å². The van der Waals surface area contributed by atoms with E-state index in [2.05, 4.69) is 24.4 Å². The number of hydrogen-bond donors (Lipinski definition) is 1. The lowest BCUT2D eigenvalue weighted by atomic mass is 9.99. The van der Waals surface area contributed by atoms with Crippen LogP contribution in [0.15, 0.2) is 47.6 Å². The monoisotopic (exact) mass is 378 g/mol. The lowest BCUT2D eigenvalue weighted by Gasteiger charge is -2.10. The SMILES string of the molecule is CCC(C)c1ccc(OCC(=O)NN=Cc2cccc(Cl)c2Cl)cc1. The molecule has 0 fully saturated rings. The molecule has 132 valence electrons. The molecule has 0 saturated heterocycles. The number of hydrogen-bond acceptors (Lipinski definition) is 3. The van der Waals surface area contributed by atoms with Gasteiger partial charge in [-0.3, -0.25) is 4.79 Å². The molecular formula is C19H20Cl2N2O2. The molecule has 0 bridgehead atoms. The normalized spacial score (nSPS) is 12.2. The summed E-state index contributed by atoms with van der Waals surface area (Å²) in [6.45, 7) is 4.20. The predicted molar refractivity (Wildman–Crippen MR) is 103 cm³/mol. The molecule has 6 heteroatoms. The quantitative estimate of drug-likeness (QED) is 0.542. The van der Waals surface area contributed by atoms with Crippen molar-refractivity contribution in [2.45, 2.75) is 26.2 Å². The summed E-state index contributed by atoms with van der Waals surface area (Å²) in [6.07, 6.45) is 2.52. The van der Waals surface area contributed by atoms with Crippen molar-refractivity contribution in [3.63, 3.8) is 0 Å². The Bertz CT molecular complexity index is 746. The van der Waals surface area contributed by atoms with Crippen molar-refractivity contribution in [3.05, 3.63) is 63.6 Å². The molecule has 1 unspecified atom stereocenters. The molecule has 0 saturated carbocycles. The highest BCUT2D eigenvalue weighted by Gasteiger charge is 2.05. The van der Waals surface area contributed by atoms with Gasteiger partial charge in [0.1, 0.15) is 5.75 Å². The first-order valence-corrected chi connectivity index (χ1v) is 8.75. The average Bonchev–Trinajstić information content (AvgIpc) is 2.63. The number of halogens is 2. The smallest absolute Gasteiger partial charge is 0.277 e. The number of carbonyl (C=O) groups is 1. The van der Waals surface area contributed by atoms with Crippen LogP contribution in [0, 0.1) is 0 Å². The first kappa shape index (κ1) is 19.3. The highest BCUT2D eigenvalue weighted by atomic mass is 35.5. The van der Waals surface area contributed by atoms with E-state index < -0.39 is 0 Å². The molecule has 1 amide bonds. The van der Waals surface area contributed by atoms with Gasteiger partial charge in [0.2, 0.25) is 0 Å². The summed E-state index contributed by atoms with van der Waals surface area (Å²) in [6, 6.07) is 12.9. The molecule has 0 spiro atoms. The largest absolute Gasteiger partial charge is 0.484 e. The van der Waals surface area contributed by atoms with Gasteiger partial charge in [0.05, 0.1) is 16.3 Å². The summed E-state index contributed by atoms with van der Waals surface area (Å²) in [4.78, 5) is 11.8. The molecule has 0 aromatic heterocycles. The number of amides is 1. The predicted octanol–water partition coefficient (Wildman–Crippen LogP) is 5.04. The van der Waals surface area contributed by atoms with Gasteiger partial charge < -0.3 is 4.74 Å². The molecule has 0 aliphatic heterocycles. The minimum absolute atomic E-state index is 0.122. The van der Waals surface area contributed by atoms with E-state index in [1.54, 1.807) is 18.2 Å². The molecule has 25 heavy (non-hydrogen) atoms. The van der Waals surface area contributed by atoms with Gasteiger partial charge in [0, 0.05) is 5.56 Å². The zero-order valence-electron chi connectivity index (χ0n) is 14.1. The number of carbonyl (C=O) groups excluding carboxylic acids is 1. The van der Waals surface area contributed by atoms with Crippen molar-refractivity contribution < 1.29 is 9.53 Å². The fraction of sp³-hybridized carbons (Fsp3) is 0.263. The Hall–Kier alpha value is -2.04. The number of nitrogens with one attached hydrogen (secondary N) is 1. The maximum Gasteiger partial charge on any atom is 0.277 e. The van der Waals surface area contributed by atoms with Crippen LogP contribution in [-0.4, -0.2) is 18.7 Å². The minimum atomic E-state index is -0.361. The molecular weight excluding hydrogens is 359 g/mol. The van der Waals surface area contributed by atoms with Crippen LogP contribution >= 0.6 is 23.2 Å². The standard InChI is InChI=1S/C19H20Cl2N2O2/c1-3-13(2)14-7-9-16(10-8-14)25-12-18(24)23-22-11-15-5-4-6-17(20)19(15)21/h4-11,13H,3,12H2,1-2H3,(H,23,24). The fourth-order valence-corrected chi connectivity index (χ4v) is 2.46. The molecule has 1 N–H and O–H groups in total. The zero-order chi connectivity index (χ0) is 18.2. The number of nitrogens with zero attached hydrogens (tertiary/aromatic N) is 1. The second kappa shape index (κ2) is 9.44. The topological polar surface area (TPSA) is 50.7 Å². The van der Waals surface area contributed by atoms with E-state index in [0.29, 0.717) is 27.3 Å². The third kappa shape index (κ3) is 5.76.